The van der Waals surface area contributed by atoms with Gasteiger partial charge < -0.3 is 15.4 Å². The molecule has 1 amide bonds. The predicted octanol–water partition coefficient (Wildman–Crippen LogP) is 3.12. The highest BCUT2D eigenvalue weighted by Crippen LogP contribution is 2.18. The number of hydrogen-bond acceptors (Lipinski definition) is 5. The fraction of sp³-hybridized carbons (Fsp3) is 0.400. The molecule has 0 aliphatic heterocycles. The van der Waals surface area contributed by atoms with Crippen LogP contribution in [-0.2, 0) is 22.6 Å². The van der Waals surface area contributed by atoms with Crippen LogP contribution in [0.2, 0.25) is 0 Å². The van der Waals surface area contributed by atoms with Crippen LogP contribution in [0.3, 0.4) is 0 Å². The average Bonchev–Trinajstić information content (AvgIpc) is 3.17. The van der Waals surface area contributed by atoms with Crippen LogP contribution in [0.15, 0.2) is 35.0 Å². The number of nitrogens with zero attached hydrogens (tertiary/aromatic N) is 1. The van der Waals surface area contributed by atoms with Gasteiger partial charge in [-0.1, -0.05) is 12.1 Å². The van der Waals surface area contributed by atoms with Gasteiger partial charge in [0.2, 0.25) is 5.91 Å². The van der Waals surface area contributed by atoms with Crippen molar-refractivity contribution < 1.29 is 9.53 Å². The molecular formula is C15H21ClN2O2S2. The zero-order valence-corrected chi connectivity index (χ0v) is 14.9. The molecule has 0 saturated heterocycles. The molecular weight excluding hydrogens is 340 g/mol. The lowest BCUT2D eigenvalue weighted by atomic mass is 10.2. The topological polar surface area (TPSA) is 55.6 Å². The van der Waals surface area contributed by atoms with Crippen molar-refractivity contribution in [2.45, 2.75) is 25.6 Å². The molecule has 2 heterocycles. The summed E-state index contributed by atoms with van der Waals surface area (Å²) in [5.41, 5.74) is 5.61. The van der Waals surface area contributed by atoms with Gasteiger partial charge in [0.25, 0.3) is 0 Å². The summed E-state index contributed by atoms with van der Waals surface area (Å²) in [5.74, 6) is 0.0779. The standard InChI is InChI=1S/C15H20N2O2S2.ClH/c1-19-12(9-16)8-15(18)17(10-13-4-2-6-20-13)11-14-5-3-7-21-14;/h2-7,12H,8-11,16H2,1H3;1H. The lowest BCUT2D eigenvalue weighted by Crippen LogP contribution is -2.35. The summed E-state index contributed by atoms with van der Waals surface area (Å²) in [5, 5.41) is 4.06. The summed E-state index contributed by atoms with van der Waals surface area (Å²) < 4.78 is 5.22. The number of carbonyl (C=O) groups excluding carboxylic acids is 1. The maximum atomic E-state index is 12.5. The zero-order chi connectivity index (χ0) is 15.1. The van der Waals surface area contributed by atoms with Gasteiger partial charge in [-0.25, -0.2) is 0 Å². The zero-order valence-electron chi connectivity index (χ0n) is 12.4. The summed E-state index contributed by atoms with van der Waals surface area (Å²) in [7, 11) is 1.59. The molecule has 0 saturated carbocycles. The van der Waals surface area contributed by atoms with Crippen LogP contribution in [0.25, 0.3) is 0 Å². The highest BCUT2D eigenvalue weighted by Gasteiger charge is 2.19. The number of rotatable bonds is 8. The summed E-state index contributed by atoms with van der Waals surface area (Å²) in [6.07, 6.45) is 0.107. The van der Waals surface area contributed by atoms with Crippen LogP contribution in [-0.4, -0.2) is 30.6 Å². The van der Waals surface area contributed by atoms with E-state index in [1.165, 1.54) is 9.75 Å². The van der Waals surface area contributed by atoms with E-state index >= 15 is 0 Å². The Kier molecular flexibility index (Phi) is 8.67. The molecule has 0 bridgehead atoms. The number of carbonyl (C=O) groups is 1. The van der Waals surface area contributed by atoms with E-state index in [2.05, 4.69) is 12.1 Å². The Morgan fingerprint density at radius 1 is 1.23 bits per heavy atom. The van der Waals surface area contributed by atoms with E-state index in [1.807, 2.05) is 27.8 Å². The molecule has 0 fully saturated rings. The minimum absolute atomic E-state index is 0. The Morgan fingerprint density at radius 2 is 1.77 bits per heavy atom. The van der Waals surface area contributed by atoms with Crippen molar-refractivity contribution in [2.24, 2.45) is 5.73 Å². The molecule has 2 N–H and O–H groups in total. The summed E-state index contributed by atoms with van der Waals surface area (Å²) in [6, 6.07) is 8.11. The lowest BCUT2D eigenvalue weighted by molar-refractivity contribution is -0.134. The van der Waals surface area contributed by atoms with Crippen molar-refractivity contribution in [1.29, 1.82) is 0 Å². The Balaban J connectivity index is 0.00000242. The van der Waals surface area contributed by atoms with Gasteiger partial charge in [0.05, 0.1) is 25.6 Å². The Morgan fingerprint density at radius 3 is 2.14 bits per heavy atom. The van der Waals surface area contributed by atoms with E-state index in [0.29, 0.717) is 26.1 Å². The molecule has 7 heteroatoms. The van der Waals surface area contributed by atoms with Crippen molar-refractivity contribution in [2.75, 3.05) is 13.7 Å². The first-order chi connectivity index (χ1) is 10.2. The molecule has 0 radical (unpaired) electrons. The number of ether oxygens (including phenoxy) is 1. The van der Waals surface area contributed by atoms with Crippen molar-refractivity contribution in [3.63, 3.8) is 0 Å². The maximum absolute atomic E-state index is 12.5. The van der Waals surface area contributed by atoms with Gasteiger partial charge in [0, 0.05) is 23.4 Å². The number of halogens is 1. The smallest absolute Gasteiger partial charge is 0.225 e. The molecule has 0 aliphatic carbocycles. The van der Waals surface area contributed by atoms with Crippen LogP contribution in [0, 0.1) is 0 Å². The second-order valence-corrected chi connectivity index (χ2v) is 6.77. The van der Waals surface area contributed by atoms with E-state index in [4.69, 9.17) is 10.5 Å². The van der Waals surface area contributed by atoms with Crippen molar-refractivity contribution in [3.8, 4) is 0 Å². The van der Waals surface area contributed by atoms with Crippen molar-refractivity contribution >= 4 is 41.0 Å². The van der Waals surface area contributed by atoms with Crippen molar-refractivity contribution in [3.05, 3.63) is 44.8 Å². The molecule has 4 nitrogen and oxygen atoms in total. The normalized spacial score (nSPS) is 11.7. The number of nitrogens with two attached hydrogens (primary N) is 1. The molecule has 1 unspecified atom stereocenters. The average molecular weight is 361 g/mol. The number of thiophene rings is 2. The van der Waals surface area contributed by atoms with Crippen LogP contribution in [0.1, 0.15) is 16.2 Å². The van der Waals surface area contributed by atoms with E-state index in [0.717, 1.165) is 0 Å². The molecule has 2 aromatic rings. The third kappa shape index (κ3) is 5.70. The number of methoxy groups -OCH3 is 1. The van der Waals surface area contributed by atoms with Gasteiger partial charge in [-0.3, -0.25) is 4.79 Å². The first kappa shape index (κ1) is 19.1. The van der Waals surface area contributed by atoms with Gasteiger partial charge in [-0.15, -0.1) is 35.1 Å². The van der Waals surface area contributed by atoms with Crippen molar-refractivity contribution in [1.82, 2.24) is 4.90 Å². The first-order valence-corrected chi connectivity index (χ1v) is 8.54. The van der Waals surface area contributed by atoms with E-state index in [9.17, 15) is 4.79 Å². The molecule has 0 aliphatic rings. The SMILES string of the molecule is COC(CN)CC(=O)N(Cc1cccs1)Cc1cccs1.Cl. The molecule has 0 aromatic carbocycles. The van der Waals surface area contributed by atoms with Crippen LogP contribution in [0.5, 0.6) is 0 Å². The molecule has 2 rings (SSSR count). The van der Waals surface area contributed by atoms with Crippen LogP contribution >= 0.6 is 35.1 Å². The summed E-state index contributed by atoms with van der Waals surface area (Å²) in [4.78, 5) is 16.8. The van der Waals surface area contributed by atoms with Gasteiger partial charge in [-0.2, -0.15) is 0 Å². The van der Waals surface area contributed by atoms with Crippen LogP contribution in [0.4, 0.5) is 0 Å². The molecule has 1 atom stereocenters. The number of hydrogen-bond donors (Lipinski definition) is 1. The van der Waals surface area contributed by atoms with Gasteiger partial charge in [0.15, 0.2) is 0 Å². The first-order valence-electron chi connectivity index (χ1n) is 6.78. The highest BCUT2D eigenvalue weighted by molar-refractivity contribution is 7.10. The second-order valence-electron chi connectivity index (χ2n) is 4.71. The van der Waals surface area contributed by atoms with Gasteiger partial charge in [0.1, 0.15) is 0 Å². The Labute approximate surface area is 145 Å². The summed E-state index contributed by atoms with van der Waals surface area (Å²) in [6.45, 7) is 1.62. The predicted molar refractivity (Wildman–Crippen MR) is 94.6 cm³/mol. The fourth-order valence-corrected chi connectivity index (χ4v) is 3.44. The monoisotopic (exact) mass is 360 g/mol. The van der Waals surface area contributed by atoms with E-state index in [-0.39, 0.29) is 24.4 Å². The largest absolute Gasteiger partial charge is 0.380 e. The molecule has 0 spiro atoms. The summed E-state index contributed by atoms with van der Waals surface area (Å²) >= 11 is 3.33. The molecule has 22 heavy (non-hydrogen) atoms. The number of amides is 1. The fourth-order valence-electron chi connectivity index (χ4n) is 2.00. The van der Waals surface area contributed by atoms with Crippen LogP contribution < -0.4 is 5.73 Å². The maximum Gasteiger partial charge on any atom is 0.225 e. The second kappa shape index (κ2) is 9.97. The highest BCUT2D eigenvalue weighted by atomic mass is 35.5. The third-order valence-electron chi connectivity index (χ3n) is 3.20. The van der Waals surface area contributed by atoms with E-state index < -0.39 is 0 Å². The van der Waals surface area contributed by atoms with Gasteiger partial charge in [-0.05, 0) is 22.9 Å². The Hall–Kier alpha value is -0.920. The quantitative estimate of drug-likeness (QED) is 0.786. The Bertz CT molecular complexity index is 491. The van der Waals surface area contributed by atoms with Gasteiger partial charge >= 0.3 is 0 Å². The van der Waals surface area contributed by atoms with E-state index in [1.54, 1.807) is 29.8 Å². The third-order valence-corrected chi connectivity index (χ3v) is 4.93. The molecule has 2 aromatic heterocycles. The molecule has 122 valence electrons. The lowest BCUT2D eigenvalue weighted by Gasteiger charge is -2.23. The minimum Gasteiger partial charge on any atom is -0.380 e. The minimum atomic E-state index is -0.216.